The van der Waals surface area contributed by atoms with E-state index in [0.29, 0.717) is 13.0 Å². The molecule has 0 radical (unpaired) electrons. The van der Waals surface area contributed by atoms with Gasteiger partial charge >= 0.3 is 0 Å². The summed E-state index contributed by atoms with van der Waals surface area (Å²) in [5, 5.41) is 3.04. The number of nitrogens with one attached hydrogen (secondary N) is 1. The highest BCUT2D eigenvalue weighted by molar-refractivity contribution is 6.39. The second kappa shape index (κ2) is 11.3. The average molecular weight is 398 g/mol. The van der Waals surface area contributed by atoms with Gasteiger partial charge in [-0.2, -0.15) is 0 Å². The Morgan fingerprint density at radius 1 is 0.759 bits per heavy atom. The fourth-order valence-corrected chi connectivity index (χ4v) is 4.95. The molecule has 2 unspecified atom stereocenters. The summed E-state index contributed by atoms with van der Waals surface area (Å²) in [5.41, 5.74) is 1.32. The molecule has 1 aromatic rings. The summed E-state index contributed by atoms with van der Waals surface area (Å²) >= 11 is 0. The number of hydrogen-bond donors (Lipinski definition) is 1. The monoisotopic (exact) mass is 397 g/mol. The molecule has 2 aliphatic rings. The van der Waals surface area contributed by atoms with Crippen LogP contribution >= 0.6 is 0 Å². The smallest absolute Gasteiger partial charge is 0.223 e. The van der Waals surface area contributed by atoms with Gasteiger partial charge in [0.05, 0.1) is 0 Å². The minimum absolute atomic E-state index is 0.0285. The molecule has 0 aliphatic heterocycles. The Bertz CT molecular complexity index is 679. The molecule has 1 N–H and O–H groups in total. The maximum atomic E-state index is 12.9. The van der Waals surface area contributed by atoms with Crippen molar-refractivity contribution >= 4 is 17.5 Å². The van der Waals surface area contributed by atoms with Gasteiger partial charge in [-0.1, -0.05) is 62.4 Å². The van der Waals surface area contributed by atoms with Crippen molar-refractivity contribution in [1.82, 2.24) is 5.32 Å². The van der Waals surface area contributed by atoms with Crippen LogP contribution in [0.5, 0.6) is 0 Å². The van der Waals surface area contributed by atoms with Gasteiger partial charge in [-0.3, -0.25) is 14.4 Å². The first-order chi connectivity index (χ1) is 14.2. The lowest BCUT2D eigenvalue weighted by atomic mass is 9.73. The van der Waals surface area contributed by atoms with Gasteiger partial charge in [0.15, 0.2) is 0 Å². The Balaban J connectivity index is 1.45. The molecule has 3 rings (SSSR count). The van der Waals surface area contributed by atoms with E-state index in [0.717, 1.165) is 70.6 Å². The quantitative estimate of drug-likeness (QED) is 0.487. The molecule has 0 aromatic heterocycles. The number of carbonyl (C=O) groups is 3. The van der Waals surface area contributed by atoms with Crippen LogP contribution in [0, 0.1) is 17.8 Å². The minimum atomic E-state index is -0.400. The van der Waals surface area contributed by atoms with E-state index in [-0.39, 0.29) is 29.3 Å². The first-order valence-corrected chi connectivity index (χ1v) is 11.6. The van der Waals surface area contributed by atoms with Crippen LogP contribution in [-0.2, 0) is 20.8 Å². The van der Waals surface area contributed by atoms with Crippen molar-refractivity contribution in [2.45, 2.75) is 77.0 Å². The Morgan fingerprint density at radius 2 is 1.41 bits per heavy atom. The zero-order valence-corrected chi connectivity index (χ0v) is 17.5. The number of hydrogen-bond acceptors (Lipinski definition) is 3. The van der Waals surface area contributed by atoms with Gasteiger partial charge in [-0.15, -0.1) is 0 Å². The fraction of sp³-hybridized carbons (Fsp3) is 0.640. The van der Waals surface area contributed by atoms with E-state index < -0.39 is 5.92 Å². The highest BCUT2D eigenvalue weighted by atomic mass is 16.2. The second-order valence-corrected chi connectivity index (χ2v) is 8.79. The third-order valence-corrected chi connectivity index (χ3v) is 6.69. The van der Waals surface area contributed by atoms with Crippen molar-refractivity contribution in [3.05, 3.63) is 35.9 Å². The Hall–Kier alpha value is -1.97. The Labute approximate surface area is 174 Å². The predicted molar refractivity (Wildman–Crippen MR) is 114 cm³/mol. The van der Waals surface area contributed by atoms with E-state index >= 15 is 0 Å². The van der Waals surface area contributed by atoms with Crippen molar-refractivity contribution in [2.75, 3.05) is 6.54 Å². The summed E-state index contributed by atoms with van der Waals surface area (Å²) in [6, 6.07) is 10.4. The first kappa shape index (κ1) is 21.7. The van der Waals surface area contributed by atoms with Crippen LogP contribution in [-0.4, -0.2) is 24.0 Å². The van der Waals surface area contributed by atoms with E-state index in [9.17, 15) is 14.4 Å². The Kier molecular flexibility index (Phi) is 8.45. The number of ketones is 2. The Morgan fingerprint density at radius 3 is 2.14 bits per heavy atom. The van der Waals surface area contributed by atoms with E-state index in [2.05, 4.69) is 17.4 Å². The van der Waals surface area contributed by atoms with Crippen molar-refractivity contribution in [2.24, 2.45) is 17.8 Å². The summed E-state index contributed by atoms with van der Waals surface area (Å²) in [4.78, 5) is 38.4. The zero-order valence-electron chi connectivity index (χ0n) is 17.5. The van der Waals surface area contributed by atoms with Gasteiger partial charge in [-0.25, -0.2) is 0 Å². The van der Waals surface area contributed by atoms with E-state index in [4.69, 9.17) is 0 Å². The van der Waals surface area contributed by atoms with Gasteiger partial charge in [0.25, 0.3) is 0 Å². The van der Waals surface area contributed by atoms with Crippen molar-refractivity contribution < 1.29 is 14.4 Å². The summed E-state index contributed by atoms with van der Waals surface area (Å²) in [5.74, 6) is -1.31. The average Bonchev–Trinajstić information content (AvgIpc) is 2.79. The molecular formula is C25H35NO3. The largest absolute Gasteiger partial charge is 0.356 e. The number of unbranched alkanes of at least 4 members (excludes halogenated alkanes) is 1. The third kappa shape index (κ3) is 6.25. The van der Waals surface area contributed by atoms with Crippen LogP contribution in [0.15, 0.2) is 30.3 Å². The number of carbonyl (C=O) groups excluding carboxylic acids is 3. The van der Waals surface area contributed by atoms with Crippen molar-refractivity contribution in [3.8, 4) is 0 Å². The van der Waals surface area contributed by atoms with Crippen molar-refractivity contribution in [1.29, 1.82) is 0 Å². The third-order valence-electron chi connectivity index (χ3n) is 6.69. The normalized spacial score (nSPS) is 22.8. The van der Waals surface area contributed by atoms with Gasteiger partial charge in [0.1, 0.15) is 0 Å². The van der Waals surface area contributed by atoms with Crippen LogP contribution in [0.1, 0.15) is 76.2 Å². The van der Waals surface area contributed by atoms with E-state index in [1.165, 1.54) is 5.56 Å². The molecule has 1 amide bonds. The van der Waals surface area contributed by atoms with Crippen LogP contribution in [0.25, 0.3) is 0 Å². The van der Waals surface area contributed by atoms with Crippen molar-refractivity contribution in [3.63, 3.8) is 0 Å². The maximum Gasteiger partial charge on any atom is 0.223 e. The molecule has 158 valence electrons. The molecule has 4 heteroatoms. The molecule has 29 heavy (non-hydrogen) atoms. The minimum Gasteiger partial charge on any atom is -0.356 e. The van der Waals surface area contributed by atoms with Crippen LogP contribution in [0.4, 0.5) is 0 Å². The lowest BCUT2D eigenvalue weighted by molar-refractivity contribution is -0.145. The number of benzene rings is 1. The molecule has 2 aliphatic carbocycles. The molecule has 0 saturated heterocycles. The first-order valence-electron chi connectivity index (χ1n) is 11.6. The number of rotatable bonds is 9. The highest BCUT2D eigenvalue weighted by Crippen LogP contribution is 2.33. The molecule has 2 atom stereocenters. The van der Waals surface area contributed by atoms with Gasteiger partial charge in [0, 0.05) is 24.3 Å². The molecule has 1 aromatic carbocycles. The molecule has 4 nitrogen and oxygen atoms in total. The summed E-state index contributed by atoms with van der Waals surface area (Å²) in [6.45, 7) is 0.639. The summed E-state index contributed by atoms with van der Waals surface area (Å²) in [7, 11) is 0. The van der Waals surface area contributed by atoms with E-state index in [1.807, 2.05) is 18.2 Å². The lowest BCUT2D eigenvalue weighted by Crippen LogP contribution is -2.43. The molecule has 2 saturated carbocycles. The SMILES string of the molecule is O=C(C(=O)C1CCCCC1C(=O)NCCCCc1ccccc1)C1CCCCC1. The number of amides is 1. The molecule has 0 spiro atoms. The molecule has 0 heterocycles. The zero-order chi connectivity index (χ0) is 20.5. The standard InChI is InChI=1S/C25H35NO3/c27-23(20-14-5-2-6-15-20)24(28)21-16-7-8-17-22(21)25(29)26-18-10-9-13-19-11-3-1-4-12-19/h1,3-4,11-12,20-22H,2,5-10,13-18H2,(H,26,29). The van der Waals surface area contributed by atoms with Crippen LogP contribution < -0.4 is 5.32 Å². The topological polar surface area (TPSA) is 63.2 Å². The highest BCUT2D eigenvalue weighted by Gasteiger charge is 2.40. The summed E-state index contributed by atoms with van der Waals surface area (Å²) in [6.07, 6.45) is 11.2. The van der Waals surface area contributed by atoms with Crippen LogP contribution in [0.2, 0.25) is 0 Å². The number of Topliss-reactive ketones (excluding diaryl/α,β-unsaturated/α-hetero) is 2. The van der Waals surface area contributed by atoms with Gasteiger partial charge < -0.3 is 5.32 Å². The predicted octanol–water partition coefficient (Wildman–Crippen LogP) is 4.65. The maximum absolute atomic E-state index is 12.9. The van der Waals surface area contributed by atoms with Gasteiger partial charge in [0.2, 0.25) is 17.5 Å². The summed E-state index contributed by atoms with van der Waals surface area (Å²) < 4.78 is 0. The molecule has 2 fully saturated rings. The lowest BCUT2D eigenvalue weighted by Gasteiger charge is -2.30. The van der Waals surface area contributed by atoms with Crippen LogP contribution in [0.3, 0.4) is 0 Å². The molecule has 0 bridgehead atoms. The second-order valence-electron chi connectivity index (χ2n) is 8.79. The fourth-order valence-electron chi connectivity index (χ4n) is 4.95. The van der Waals surface area contributed by atoms with E-state index in [1.54, 1.807) is 0 Å². The number of aryl methyl sites for hydroxylation is 1. The molecular weight excluding hydrogens is 362 g/mol. The van der Waals surface area contributed by atoms with Gasteiger partial charge in [-0.05, 0) is 50.5 Å².